The summed E-state index contributed by atoms with van der Waals surface area (Å²) in [5.74, 6) is -1.46. The van der Waals surface area contributed by atoms with E-state index in [1.54, 1.807) is 0 Å². The highest BCUT2D eigenvalue weighted by Gasteiger charge is 2.27. The number of benzene rings is 1. The van der Waals surface area contributed by atoms with Gasteiger partial charge in [0.2, 0.25) is 0 Å². The second-order valence-corrected chi connectivity index (χ2v) is 5.54. The summed E-state index contributed by atoms with van der Waals surface area (Å²) >= 11 is 11.6. The molecule has 1 aromatic carbocycles. The SMILES string of the molecule is CC(C)(CNC(=O)c1cc(Cl)c(N)c(Cl)c1)C(=O)O. The van der Waals surface area contributed by atoms with Gasteiger partial charge in [-0.15, -0.1) is 0 Å². The first-order valence-electron chi connectivity index (χ1n) is 5.41. The summed E-state index contributed by atoms with van der Waals surface area (Å²) in [7, 11) is 0. The predicted molar refractivity (Wildman–Crippen MR) is 74.6 cm³/mol. The summed E-state index contributed by atoms with van der Waals surface area (Å²) in [5, 5.41) is 11.8. The van der Waals surface area contributed by atoms with Gasteiger partial charge in [0.25, 0.3) is 5.91 Å². The Kier molecular flexibility index (Phi) is 4.66. The van der Waals surface area contributed by atoms with Crippen molar-refractivity contribution in [2.24, 2.45) is 5.41 Å². The van der Waals surface area contributed by atoms with Gasteiger partial charge in [0.15, 0.2) is 0 Å². The summed E-state index contributed by atoms with van der Waals surface area (Å²) in [4.78, 5) is 22.8. The molecule has 0 saturated heterocycles. The zero-order chi connectivity index (χ0) is 14.8. The molecule has 0 radical (unpaired) electrons. The van der Waals surface area contributed by atoms with Crippen molar-refractivity contribution < 1.29 is 14.7 Å². The number of aliphatic carboxylic acids is 1. The summed E-state index contributed by atoms with van der Waals surface area (Å²) in [5.41, 5.74) is 4.93. The van der Waals surface area contributed by atoms with Gasteiger partial charge in [-0.1, -0.05) is 23.2 Å². The van der Waals surface area contributed by atoms with Crippen molar-refractivity contribution in [2.45, 2.75) is 13.8 Å². The molecule has 1 rings (SSSR count). The van der Waals surface area contributed by atoms with E-state index in [9.17, 15) is 9.59 Å². The quantitative estimate of drug-likeness (QED) is 0.745. The summed E-state index contributed by atoms with van der Waals surface area (Å²) < 4.78 is 0. The minimum absolute atomic E-state index is 0.0131. The predicted octanol–water partition coefficient (Wildman–Crippen LogP) is 2.42. The van der Waals surface area contributed by atoms with Crippen molar-refractivity contribution in [3.63, 3.8) is 0 Å². The van der Waals surface area contributed by atoms with Gasteiger partial charge < -0.3 is 16.2 Å². The molecule has 1 aromatic rings. The fourth-order valence-electron chi connectivity index (χ4n) is 1.19. The van der Waals surface area contributed by atoms with Crippen molar-refractivity contribution in [1.29, 1.82) is 0 Å². The molecule has 0 spiro atoms. The van der Waals surface area contributed by atoms with Crippen molar-refractivity contribution in [3.05, 3.63) is 27.7 Å². The molecule has 0 saturated carbocycles. The Labute approximate surface area is 120 Å². The van der Waals surface area contributed by atoms with Gasteiger partial charge in [-0.3, -0.25) is 9.59 Å². The Bertz CT molecular complexity index is 507. The van der Waals surface area contributed by atoms with Gasteiger partial charge in [-0.25, -0.2) is 0 Å². The molecule has 0 aliphatic heterocycles. The third-order valence-electron chi connectivity index (χ3n) is 2.61. The van der Waals surface area contributed by atoms with Gasteiger partial charge in [-0.05, 0) is 26.0 Å². The Morgan fingerprint density at radius 1 is 1.32 bits per heavy atom. The first-order chi connectivity index (χ1) is 8.65. The molecule has 0 aliphatic carbocycles. The average molecular weight is 305 g/mol. The van der Waals surface area contributed by atoms with Crippen LogP contribution in [0.4, 0.5) is 5.69 Å². The number of hydrogen-bond donors (Lipinski definition) is 3. The molecule has 0 unspecified atom stereocenters. The fraction of sp³-hybridized carbons (Fsp3) is 0.333. The normalized spacial score (nSPS) is 11.2. The van der Waals surface area contributed by atoms with Gasteiger partial charge >= 0.3 is 5.97 Å². The number of carbonyl (C=O) groups excluding carboxylic acids is 1. The molecule has 5 nitrogen and oxygen atoms in total. The minimum Gasteiger partial charge on any atom is -0.481 e. The summed E-state index contributed by atoms with van der Waals surface area (Å²) in [6, 6.07) is 2.76. The van der Waals surface area contributed by atoms with Gasteiger partial charge in [-0.2, -0.15) is 0 Å². The lowest BCUT2D eigenvalue weighted by molar-refractivity contribution is -0.146. The van der Waals surface area contributed by atoms with Crippen molar-refractivity contribution in [2.75, 3.05) is 12.3 Å². The fourth-order valence-corrected chi connectivity index (χ4v) is 1.68. The maximum absolute atomic E-state index is 11.9. The number of carboxylic acid groups (broad SMARTS) is 1. The lowest BCUT2D eigenvalue weighted by Gasteiger charge is -2.19. The Morgan fingerprint density at radius 2 is 1.79 bits per heavy atom. The summed E-state index contributed by atoms with van der Waals surface area (Å²) in [6.07, 6.45) is 0. The molecule has 7 heteroatoms. The maximum Gasteiger partial charge on any atom is 0.310 e. The molecule has 0 aliphatic rings. The lowest BCUT2D eigenvalue weighted by Crippen LogP contribution is -2.38. The van der Waals surface area contributed by atoms with Crippen LogP contribution in [-0.2, 0) is 4.79 Å². The molecule has 0 heterocycles. The molecule has 0 bridgehead atoms. The minimum atomic E-state index is -1.06. The third kappa shape index (κ3) is 3.75. The van der Waals surface area contributed by atoms with Gasteiger partial charge in [0.05, 0.1) is 21.1 Å². The highest BCUT2D eigenvalue weighted by molar-refractivity contribution is 6.39. The van der Waals surface area contributed by atoms with E-state index in [0.29, 0.717) is 0 Å². The van der Waals surface area contributed by atoms with Gasteiger partial charge in [0, 0.05) is 12.1 Å². The number of nitrogens with one attached hydrogen (secondary N) is 1. The van der Waals surface area contributed by atoms with Crippen LogP contribution in [0.25, 0.3) is 0 Å². The highest BCUT2D eigenvalue weighted by atomic mass is 35.5. The number of rotatable bonds is 4. The molecular formula is C12H14Cl2N2O3. The van der Waals surface area contributed by atoms with E-state index in [1.807, 2.05) is 0 Å². The molecule has 104 valence electrons. The van der Waals surface area contributed by atoms with Crippen molar-refractivity contribution >= 4 is 40.8 Å². The van der Waals surface area contributed by atoms with E-state index < -0.39 is 17.3 Å². The molecule has 1 amide bonds. The molecule has 0 fully saturated rings. The summed E-state index contributed by atoms with van der Waals surface area (Å²) in [6.45, 7) is 3.01. The standard InChI is InChI=1S/C12H14Cl2N2O3/c1-12(2,11(18)19)5-16-10(17)6-3-7(13)9(15)8(14)4-6/h3-4H,5,15H2,1-2H3,(H,16,17)(H,18,19). The topological polar surface area (TPSA) is 92.4 Å². The number of nitrogen functional groups attached to an aromatic ring is 1. The molecule has 0 atom stereocenters. The number of nitrogens with two attached hydrogens (primary N) is 1. The Morgan fingerprint density at radius 3 is 2.21 bits per heavy atom. The number of amides is 1. The molecule has 19 heavy (non-hydrogen) atoms. The molecular weight excluding hydrogens is 291 g/mol. The van der Waals surface area contributed by atoms with Crippen LogP contribution < -0.4 is 11.1 Å². The van der Waals surface area contributed by atoms with Crippen LogP contribution in [0.3, 0.4) is 0 Å². The first-order valence-corrected chi connectivity index (χ1v) is 6.17. The Balaban J connectivity index is 2.83. The number of hydrogen-bond acceptors (Lipinski definition) is 3. The average Bonchev–Trinajstić information content (AvgIpc) is 2.32. The van der Waals surface area contributed by atoms with Crippen molar-refractivity contribution in [3.8, 4) is 0 Å². The smallest absolute Gasteiger partial charge is 0.310 e. The van der Waals surface area contributed by atoms with E-state index in [-0.39, 0.29) is 27.8 Å². The van der Waals surface area contributed by atoms with E-state index in [2.05, 4.69) is 5.32 Å². The molecule has 0 aromatic heterocycles. The van der Waals surface area contributed by atoms with Crippen LogP contribution in [-0.4, -0.2) is 23.5 Å². The number of anilines is 1. The number of halogens is 2. The highest BCUT2D eigenvalue weighted by Crippen LogP contribution is 2.28. The van der Waals surface area contributed by atoms with Crippen LogP contribution in [0, 0.1) is 5.41 Å². The van der Waals surface area contributed by atoms with Crippen LogP contribution in [0.5, 0.6) is 0 Å². The van der Waals surface area contributed by atoms with E-state index in [4.69, 9.17) is 34.0 Å². The van der Waals surface area contributed by atoms with Crippen LogP contribution in [0.1, 0.15) is 24.2 Å². The van der Waals surface area contributed by atoms with Crippen molar-refractivity contribution in [1.82, 2.24) is 5.32 Å². The van der Waals surface area contributed by atoms with Crippen LogP contribution in [0.15, 0.2) is 12.1 Å². The van der Waals surface area contributed by atoms with Gasteiger partial charge in [0.1, 0.15) is 0 Å². The first kappa shape index (κ1) is 15.6. The van der Waals surface area contributed by atoms with Crippen LogP contribution in [0.2, 0.25) is 10.0 Å². The monoisotopic (exact) mass is 304 g/mol. The second kappa shape index (κ2) is 5.67. The van der Waals surface area contributed by atoms with E-state index >= 15 is 0 Å². The number of carbonyl (C=O) groups is 2. The largest absolute Gasteiger partial charge is 0.481 e. The maximum atomic E-state index is 11.9. The van der Waals surface area contributed by atoms with E-state index in [0.717, 1.165) is 0 Å². The van der Waals surface area contributed by atoms with E-state index in [1.165, 1.54) is 26.0 Å². The molecule has 4 N–H and O–H groups in total. The third-order valence-corrected chi connectivity index (χ3v) is 3.24. The second-order valence-electron chi connectivity index (χ2n) is 4.73. The zero-order valence-corrected chi connectivity index (χ0v) is 12.0. The van der Waals surface area contributed by atoms with Crippen LogP contribution >= 0.6 is 23.2 Å². The number of carboxylic acids is 1. The Hall–Kier alpha value is -1.46. The zero-order valence-electron chi connectivity index (χ0n) is 10.5. The lowest BCUT2D eigenvalue weighted by atomic mass is 9.94.